The Kier molecular flexibility index (Phi) is 5.55. The van der Waals surface area contributed by atoms with Crippen LogP contribution in [-0.2, 0) is 4.79 Å². The molecule has 1 amide bonds. The molecule has 1 rings (SSSR count). The van der Waals surface area contributed by atoms with Crippen LogP contribution in [0.3, 0.4) is 0 Å². The molecule has 1 aromatic carbocycles. The molecule has 19 heavy (non-hydrogen) atoms. The Morgan fingerprint density at radius 2 is 1.68 bits per heavy atom. The van der Waals surface area contributed by atoms with Gasteiger partial charge in [-0.05, 0) is 29.5 Å². The number of hydrogen-bond donors (Lipinski definition) is 1. The minimum atomic E-state index is -0.116. The van der Waals surface area contributed by atoms with Crippen LogP contribution in [0.25, 0.3) is 0 Å². The molecule has 0 aromatic heterocycles. The van der Waals surface area contributed by atoms with Crippen molar-refractivity contribution in [2.75, 3.05) is 18.5 Å². The first-order valence-electron chi connectivity index (χ1n) is 6.96. The van der Waals surface area contributed by atoms with Crippen LogP contribution in [0.4, 0.5) is 5.69 Å². The van der Waals surface area contributed by atoms with E-state index in [4.69, 9.17) is 5.73 Å². The van der Waals surface area contributed by atoms with Crippen molar-refractivity contribution in [2.45, 2.75) is 33.6 Å². The third-order valence-electron chi connectivity index (χ3n) is 3.65. The molecule has 0 spiro atoms. The fraction of sp³-hybridized carbons (Fsp3) is 0.562. The Hall–Kier alpha value is -1.35. The lowest BCUT2D eigenvalue weighted by molar-refractivity contribution is -0.123. The average molecular weight is 262 g/mol. The SMILES string of the molecule is CC(C)c1ccc(N(C)C(=O)C(CN)C(C)C)cc1. The molecule has 0 aliphatic rings. The smallest absolute Gasteiger partial charge is 0.231 e. The highest BCUT2D eigenvalue weighted by Crippen LogP contribution is 2.22. The molecule has 1 unspecified atom stereocenters. The van der Waals surface area contributed by atoms with Gasteiger partial charge in [0.2, 0.25) is 5.91 Å². The Morgan fingerprint density at radius 1 is 1.16 bits per heavy atom. The van der Waals surface area contributed by atoms with Crippen LogP contribution in [0.5, 0.6) is 0 Å². The average Bonchev–Trinajstić information content (AvgIpc) is 2.38. The van der Waals surface area contributed by atoms with Crippen molar-refractivity contribution in [3.63, 3.8) is 0 Å². The third-order valence-corrected chi connectivity index (χ3v) is 3.65. The predicted molar refractivity (Wildman–Crippen MR) is 81.3 cm³/mol. The van der Waals surface area contributed by atoms with Gasteiger partial charge in [0.15, 0.2) is 0 Å². The second-order valence-corrected chi connectivity index (χ2v) is 5.73. The summed E-state index contributed by atoms with van der Waals surface area (Å²) in [5.41, 5.74) is 7.91. The molecule has 0 saturated heterocycles. The summed E-state index contributed by atoms with van der Waals surface area (Å²) in [6.07, 6.45) is 0. The van der Waals surface area contributed by atoms with E-state index in [0.29, 0.717) is 12.5 Å². The van der Waals surface area contributed by atoms with Crippen molar-refractivity contribution in [3.05, 3.63) is 29.8 Å². The van der Waals surface area contributed by atoms with Crippen LogP contribution in [0, 0.1) is 11.8 Å². The van der Waals surface area contributed by atoms with E-state index in [1.54, 1.807) is 4.90 Å². The molecule has 0 saturated carbocycles. The molecule has 3 nitrogen and oxygen atoms in total. The van der Waals surface area contributed by atoms with Crippen molar-refractivity contribution < 1.29 is 4.79 Å². The molecular formula is C16H26N2O. The number of rotatable bonds is 5. The number of hydrogen-bond acceptors (Lipinski definition) is 2. The van der Waals surface area contributed by atoms with Gasteiger partial charge in [0.05, 0.1) is 5.92 Å². The molecule has 2 N–H and O–H groups in total. The second kappa shape index (κ2) is 6.71. The molecule has 0 aliphatic carbocycles. The summed E-state index contributed by atoms with van der Waals surface area (Å²) in [5.74, 6) is 0.738. The van der Waals surface area contributed by atoms with Gasteiger partial charge in [0, 0.05) is 19.3 Å². The number of benzene rings is 1. The number of anilines is 1. The van der Waals surface area contributed by atoms with Crippen molar-refractivity contribution in [3.8, 4) is 0 Å². The largest absolute Gasteiger partial charge is 0.330 e. The summed E-state index contributed by atoms with van der Waals surface area (Å²) < 4.78 is 0. The first-order valence-corrected chi connectivity index (χ1v) is 6.96. The van der Waals surface area contributed by atoms with Gasteiger partial charge in [0.1, 0.15) is 0 Å². The van der Waals surface area contributed by atoms with E-state index in [0.717, 1.165) is 5.69 Å². The highest BCUT2D eigenvalue weighted by atomic mass is 16.2. The first kappa shape index (κ1) is 15.7. The summed E-state index contributed by atoms with van der Waals surface area (Å²) in [6.45, 7) is 8.78. The predicted octanol–water partition coefficient (Wildman–Crippen LogP) is 3.00. The molecule has 1 aromatic rings. The topological polar surface area (TPSA) is 46.3 Å². The van der Waals surface area contributed by atoms with Gasteiger partial charge in [-0.3, -0.25) is 4.79 Å². The summed E-state index contributed by atoms with van der Waals surface area (Å²) in [6, 6.07) is 8.16. The van der Waals surface area contributed by atoms with Gasteiger partial charge >= 0.3 is 0 Å². The first-order chi connectivity index (χ1) is 8.88. The monoisotopic (exact) mass is 262 g/mol. The molecule has 0 radical (unpaired) electrons. The van der Waals surface area contributed by atoms with Crippen molar-refractivity contribution in [1.82, 2.24) is 0 Å². The Labute approximate surface area is 116 Å². The number of carbonyl (C=O) groups excluding carboxylic acids is 1. The standard InChI is InChI=1S/C16H26N2O/c1-11(2)13-6-8-14(9-7-13)18(5)16(19)15(10-17)12(3)4/h6-9,11-12,15H,10,17H2,1-5H3. The Morgan fingerprint density at radius 3 is 2.05 bits per heavy atom. The normalized spacial score (nSPS) is 12.8. The van der Waals surface area contributed by atoms with Crippen LogP contribution in [0.2, 0.25) is 0 Å². The van der Waals surface area contributed by atoms with Gasteiger partial charge in [-0.25, -0.2) is 0 Å². The second-order valence-electron chi connectivity index (χ2n) is 5.73. The zero-order valence-corrected chi connectivity index (χ0v) is 12.7. The van der Waals surface area contributed by atoms with E-state index < -0.39 is 0 Å². The van der Waals surface area contributed by atoms with Crippen LogP contribution in [0.1, 0.15) is 39.2 Å². The summed E-state index contributed by atoms with van der Waals surface area (Å²) in [4.78, 5) is 14.1. The molecule has 106 valence electrons. The number of nitrogens with two attached hydrogens (primary N) is 1. The summed E-state index contributed by atoms with van der Waals surface area (Å²) >= 11 is 0. The quantitative estimate of drug-likeness (QED) is 0.886. The fourth-order valence-electron chi connectivity index (χ4n) is 2.12. The molecular weight excluding hydrogens is 236 g/mol. The van der Waals surface area contributed by atoms with Crippen LogP contribution >= 0.6 is 0 Å². The van der Waals surface area contributed by atoms with E-state index >= 15 is 0 Å². The minimum absolute atomic E-state index is 0.0924. The maximum Gasteiger partial charge on any atom is 0.231 e. The molecule has 1 atom stereocenters. The fourth-order valence-corrected chi connectivity index (χ4v) is 2.12. The van der Waals surface area contributed by atoms with Crippen molar-refractivity contribution in [1.29, 1.82) is 0 Å². The van der Waals surface area contributed by atoms with Gasteiger partial charge < -0.3 is 10.6 Å². The van der Waals surface area contributed by atoms with Crippen LogP contribution in [-0.4, -0.2) is 19.5 Å². The molecule has 3 heteroatoms. The number of carbonyl (C=O) groups is 1. The number of amides is 1. The maximum absolute atomic E-state index is 12.4. The minimum Gasteiger partial charge on any atom is -0.330 e. The molecule has 0 aliphatic heterocycles. The van der Waals surface area contributed by atoms with Crippen molar-refractivity contribution in [2.24, 2.45) is 17.6 Å². The van der Waals surface area contributed by atoms with E-state index in [-0.39, 0.29) is 17.7 Å². The van der Waals surface area contributed by atoms with Gasteiger partial charge in [-0.1, -0.05) is 39.8 Å². The van der Waals surface area contributed by atoms with E-state index in [1.165, 1.54) is 5.56 Å². The lowest BCUT2D eigenvalue weighted by atomic mass is 9.94. The van der Waals surface area contributed by atoms with Crippen molar-refractivity contribution >= 4 is 11.6 Å². The summed E-state index contributed by atoms with van der Waals surface area (Å²) in [7, 11) is 1.82. The van der Waals surface area contributed by atoms with E-state index in [2.05, 4.69) is 26.0 Å². The van der Waals surface area contributed by atoms with E-state index in [9.17, 15) is 4.79 Å². The zero-order chi connectivity index (χ0) is 14.6. The maximum atomic E-state index is 12.4. The van der Waals surface area contributed by atoms with Gasteiger partial charge in [0.25, 0.3) is 0 Å². The lowest BCUT2D eigenvalue weighted by Crippen LogP contribution is -2.39. The highest BCUT2D eigenvalue weighted by molar-refractivity contribution is 5.94. The Balaban J connectivity index is 2.87. The number of nitrogens with zero attached hydrogens (tertiary/aromatic N) is 1. The van der Waals surface area contributed by atoms with Crippen LogP contribution in [0.15, 0.2) is 24.3 Å². The highest BCUT2D eigenvalue weighted by Gasteiger charge is 2.24. The Bertz CT molecular complexity index is 409. The third kappa shape index (κ3) is 3.80. The zero-order valence-electron chi connectivity index (χ0n) is 12.7. The van der Waals surface area contributed by atoms with Crippen LogP contribution < -0.4 is 10.6 Å². The summed E-state index contributed by atoms with van der Waals surface area (Å²) in [5, 5.41) is 0. The van der Waals surface area contributed by atoms with Gasteiger partial charge in [-0.15, -0.1) is 0 Å². The molecule has 0 fully saturated rings. The molecule has 0 bridgehead atoms. The van der Waals surface area contributed by atoms with Gasteiger partial charge in [-0.2, -0.15) is 0 Å². The molecule has 0 heterocycles. The lowest BCUT2D eigenvalue weighted by Gasteiger charge is -2.25. The van der Waals surface area contributed by atoms with E-state index in [1.807, 2.05) is 33.0 Å².